The van der Waals surface area contributed by atoms with Crippen molar-refractivity contribution in [2.45, 2.75) is 13.5 Å². The van der Waals surface area contributed by atoms with Crippen molar-refractivity contribution < 1.29 is 28.6 Å². The molecule has 184 valence electrons. The second kappa shape index (κ2) is 11.2. The molecular formula is C25H25ClN2O6S. The number of amides is 3. The molecule has 0 spiro atoms. The Bertz CT molecular complexity index is 1180. The molecule has 8 nitrogen and oxygen atoms in total. The third kappa shape index (κ3) is 5.80. The molecule has 2 aliphatic rings. The smallest absolute Gasteiger partial charge is 0.294 e. The maximum absolute atomic E-state index is 12.9. The molecule has 0 radical (unpaired) electrons. The highest BCUT2D eigenvalue weighted by Crippen LogP contribution is 2.39. The van der Waals surface area contributed by atoms with Crippen LogP contribution < -0.4 is 9.47 Å². The van der Waals surface area contributed by atoms with Gasteiger partial charge >= 0.3 is 0 Å². The van der Waals surface area contributed by atoms with Crippen LogP contribution in [0.3, 0.4) is 0 Å². The maximum atomic E-state index is 12.9. The average Bonchev–Trinajstić information content (AvgIpc) is 3.11. The first-order valence-electron chi connectivity index (χ1n) is 11.0. The lowest BCUT2D eigenvalue weighted by atomic mass is 10.1. The van der Waals surface area contributed by atoms with Gasteiger partial charge in [-0.15, -0.1) is 0 Å². The van der Waals surface area contributed by atoms with Gasteiger partial charge in [-0.25, -0.2) is 0 Å². The third-order valence-corrected chi connectivity index (χ3v) is 6.90. The lowest BCUT2D eigenvalue weighted by molar-refractivity contribution is -0.139. The summed E-state index contributed by atoms with van der Waals surface area (Å²) in [5.41, 5.74) is 2.69. The van der Waals surface area contributed by atoms with Crippen LogP contribution in [0.2, 0.25) is 5.02 Å². The summed E-state index contributed by atoms with van der Waals surface area (Å²) in [4.78, 5) is 40.6. The van der Waals surface area contributed by atoms with E-state index in [4.69, 9.17) is 25.8 Å². The minimum atomic E-state index is -0.517. The second-order valence-electron chi connectivity index (χ2n) is 8.01. The number of hydrogen-bond donors (Lipinski definition) is 0. The van der Waals surface area contributed by atoms with Crippen LogP contribution in [0, 0.1) is 6.92 Å². The molecule has 0 N–H and O–H groups in total. The van der Waals surface area contributed by atoms with Crippen molar-refractivity contribution >= 4 is 46.5 Å². The van der Waals surface area contributed by atoms with Gasteiger partial charge in [0, 0.05) is 13.1 Å². The first-order chi connectivity index (χ1) is 16.9. The number of carbonyl (C=O) groups excluding carboxylic acids is 3. The molecule has 0 unspecified atom stereocenters. The van der Waals surface area contributed by atoms with Crippen molar-refractivity contribution in [3.63, 3.8) is 0 Å². The first kappa shape index (κ1) is 25.1. The van der Waals surface area contributed by atoms with Crippen LogP contribution >= 0.6 is 23.4 Å². The number of thioether (sulfide) groups is 1. The fourth-order valence-electron chi connectivity index (χ4n) is 3.72. The van der Waals surface area contributed by atoms with Gasteiger partial charge in [0.15, 0.2) is 11.5 Å². The number of imide groups is 1. The van der Waals surface area contributed by atoms with Crippen molar-refractivity contribution in [2.75, 3.05) is 40.0 Å². The molecule has 0 aromatic heterocycles. The lowest BCUT2D eigenvalue weighted by Gasteiger charge is -2.28. The van der Waals surface area contributed by atoms with Gasteiger partial charge in [0.25, 0.3) is 11.1 Å². The van der Waals surface area contributed by atoms with Crippen LogP contribution in [0.15, 0.2) is 41.3 Å². The first-order valence-corrected chi connectivity index (χ1v) is 12.2. The van der Waals surface area contributed by atoms with Crippen molar-refractivity contribution in [1.29, 1.82) is 0 Å². The van der Waals surface area contributed by atoms with Crippen LogP contribution in [-0.4, -0.2) is 66.8 Å². The molecule has 2 aromatic carbocycles. The van der Waals surface area contributed by atoms with E-state index >= 15 is 0 Å². The van der Waals surface area contributed by atoms with Crippen molar-refractivity contribution in [3.8, 4) is 11.5 Å². The zero-order valence-corrected chi connectivity index (χ0v) is 21.0. The Hall–Kier alpha value is -3.01. The third-order valence-electron chi connectivity index (χ3n) is 5.71. The van der Waals surface area contributed by atoms with E-state index in [2.05, 4.69) is 0 Å². The van der Waals surface area contributed by atoms with Gasteiger partial charge in [-0.3, -0.25) is 19.3 Å². The Morgan fingerprint density at radius 3 is 2.66 bits per heavy atom. The van der Waals surface area contributed by atoms with E-state index in [0.29, 0.717) is 55.0 Å². The van der Waals surface area contributed by atoms with E-state index in [9.17, 15) is 14.4 Å². The van der Waals surface area contributed by atoms with E-state index in [1.807, 2.05) is 31.2 Å². The quantitative estimate of drug-likeness (QED) is 0.511. The molecule has 2 heterocycles. The molecular weight excluding hydrogens is 492 g/mol. The summed E-state index contributed by atoms with van der Waals surface area (Å²) in [6.07, 6.45) is 1.56. The van der Waals surface area contributed by atoms with Crippen LogP contribution in [-0.2, 0) is 20.9 Å². The average molecular weight is 517 g/mol. The molecule has 2 saturated heterocycles. The Labute approximate surface area is 212 Å². The standard InChI is InChI=1S/C25H25ClN2O6S/c1-16-5-3-4-6-18(16)15-34-23-19(26)11-17(12-20(23)32-2)13-21-24(30)28(25(31)35-21)14-22(29)27-7-9-33-10-8-27/h3-6,11-13H,7-10,14-15H2,1-2H3/b21-13-. The number of aryl methyl sites for hydroxylation is 1. The molecule has 0 saturated carbocycles. The number of benzene rings is 2. The zero-order valence-electron chi connectivity index (χ0n) is 19.4. The van der Waals surface area contributed by atoms with Crippen molar-refractivity contribution in [3.05, 3.63) is 63.0 Å². The Morgan fingerprint density at radius 1 is 1.20 bits per heavy atom. The molecule has 2 aliphatic heterocycles. The highest BCUT2D eigenvalue weighted by atomic mass is 35.5. The maximum Gasteiger partial charge on any atom is 0.294 e. The van der Waals surface area contributed by atoms with Crippen molar-refractivity contribution in [1.82, 2.24) is 9.80 Å². The fourth-order valence-corrected chi connectivity index (χ4v) is 4.83. The largest absolute Gasteiger partial charge is 0.493 e. The second-order valence-corrected chi connectivity index (χ2v) is 9.41. The number of rotatable bonds is 7. The molecule has 0 bridgehead atoms. The van der Waals surface area contributed by atoms with E-state index in [-0.39, 0.29) is 17.4 Å². The predicted octanol–water partition coefficient (Wildman–Crippen LogP) is 4.13. The summed E-state index contributed by atoms with van der Waals surface area (Å²) in [7, 11) is 1.50. The Kier molecular flexibility index (Phi) is 8.00. The van der Waals surface area contributed by atoms with Gasteiger partial charge in [0.2, 0.25) is 5.91 Å². The summed E-state index contributed by atoms with van der Waals surface area (Å²) >= 11 is 7.28. The number of ether oxygens (including phenoxy) is 3. The van der Waals surface area contributed by atoms with Gasteiger partial charge in [-0.2, -0.15) is 0 Å². The summed E-state index contributed by atoms with van der Waals surface area (Å²) in [6, 6.07) is 11.2. The van der Waals surface area contributed by atoms with Gasteiger partial charge in [0.1, 0.15) is 13.2 Å². The molecule has 4 rings (SSSR count). The minimum Gasteiger partial charge on any atom is -0.493 e. The van der Waals surface area contributed by atoms with Gasteiger partial charge < -0.3 is 19.1 Å². The number of hydrogen-bond acceptors (Lipinski definition) is 7. The monoisotopic (exact) mass is 516 g/mol. The molecule has 3 amide bonds. The van der Waals surface area contributed by atoms with Crippen molar-refractivity contribution in [2.24, 2.45) is 0 Å². The SMILES string of the molecule is COc1cc(/C=C2\SC(=O)N(CC(=O)N3CCOCC3)C2=O)cc(Cl)c1OCc1ccccc1C. The summed E-state index contributed by atoms with van der Waals surface area (Å²) in [6.45, 7) is 3.81. The van der Waals surface area contributed by atoms with E-state index in [1.165, 1.54) is 7.11 Å². The Balaban J connectivity index is 1.49. The van der Waals surface area contributed by atoms with Gasteiger partial charge in [-0.05, 0) is 53.6 Å². The zero-order chi connectivity index (χ0) is 24.9. The highest BCUT2D eigenvalue weighted by Gasteiger charge is 2.37. The van der Waals surface area contributed by atoms with Crippen LogP contribution in [0.4, 0.5) is 4.79 Å². The number of nitrogens with zero attached hydrogens (tertiary/aromatic N) is 2. The minimum absolute atomic E-state index is 0.205. The molecule has 2 fully saturated rings. The molecule has 35 heavy (non-hydrogen) atoms. The normalized spacial score (nSPS) is 17.3. The fraction of sp³-hybridized carbons (Fsp3) is 0.320. The summed E-state index contributed by atoms with van der Waals surface area (Å²) in [5.74, 6) is -0.00821. The topological polar surface area (TPSA) is 85.4 Å². The highest BCUT2D eigenvalue weighted by molar-refractivity contribution is 8.18. The number of methoxy groups -OCH3 is 1. The number of morpholine rings is 1. The number of halogens is 1. The van der Waals surface area contributed by atoms with Gasteiger partial charge in [-0.1, -0.05) is 35.9 Å². The molecule has 0 atom stereocenters. The Morgan fingerprint density at radius 2 is 1.94 bits per heavy atom. The predicted molar refractivity (Wildman–Crippen MR) is 134 cm³/mol. The molecule has 2 aromatic rings. The summed E-state index contributed by atoms with van der Waals surface area (Å²) < 4.78 is 16.7. The van der Waals surface area contributed by atoms with E-state index < -0.39 is 11.1 Å². The lowest BCUT2D eigenvalue weighted by Crippen LogP contribution is -2.46. The van der Waals surface area contributed by atoms with Crippen LogP contribution in [0.1, 0.15) is 16.7 Å². The number of carbonyl (C=O) groups is 3. The van der Waals surface area contributed by atoms with Gasteiger partial charge in [0.05, 0.1) is 30.3 Å². The van der Waals surface area contributed by atoms with E-state index in [0.717, 1.165) is 27.8 Å². The molecule has 10 heteroatoms. The summed E-state index contributed by atoms with van der Waals surface area (Å²) in [5, 5.41) is -0.176. The van der Waals surface area contributed by atoms with E-state index in [1.54, 1.807) is 23.1 Å². The van der Waals surface area contributed by atoms with Crippen LogP contribution in [0.25, 0.3) is 6.08 Å². The van der Waals surface area contributed by atoms with Crippen LogP contribution in [0.5, 0.6) is 11.5 Å². The molecule has 0 aliphatic carbocycles.